The van der Waals surface area contributed by atoms with Gasteiger partial charge in [-0.05, 0) is 57.1 Å². The minimum absolute atomic E-state index is 0.000277. The Labute approximate surface area is 158 Å². The molecule has 1 atom stereocenters. The van der Waals surface area contributed by atoms with Crippen LogP contribution in [0.5, 0.6) is 0 Å². The molecule has 0 saturated heterocycles. The van der Waals surface area contributed by atoms with Gasteiger partial charge in [0.25, 0.3) is 0 Å². The van der Waals surface area contributed by atoms with Crippen LogP contribution in [0.15, 0.2) is 24.3 Å². The van der Waals surface area contributed by atoms with Gasteiger partial charge in [0, 0.05) is 6.04 Å². The van der Waals surface area contributed by atoms with E-state index in [1.807, 2.05) is 11.0 Å². The zero-order valence-corrected chi connectivity index (χ0v) is 15.7. The number of fused-ring (bicyclic) bond motifs is 1. The van der Waals surface area contributed by atoms with Gasteiger partial charge in [-0.3, -0.25) is 19.6 Å². The first-order valence-electron chi connectivity index (χ1n) is 9.54. The van der Waals surface area contributed by atoms with Crippen molar-refractivity contribution < 1.29 is 9.72 Å². The Morgan fingerprint density at radius 2 is 2.04 bits per heavy atom. The summed E-state index contributed by atoms with van der Waals surface area (Å²) >= 11 is 0. The Bertz CT molecular complexity index is 901. The second kappa shape index (κ2) is 6.79. The first kappa shape index (κ1) is 17.7. The standard InChI is InChI=1S/C20H24N4O3/c1-13-20(24(26)27)14(2)22(21-13)12-19(25)23(16-10-11-16)18-9-5-7-15-6-3-4-8-17(15)18/h3-4,6,8,16,18H,5,7,9-12H2,1-2H3. The number of nitro groups is 1. The van der Waals surface area contributed by atoms with Gasteiger partial charge in [-0.25, -0.2) is 0 Å². The molecule has 2 aromatic rings. The Morgan fingerprint density at radius 3 is 2.70 bits per heavy atom. The Balaban J connectivity index is 1.62. The predicted molar refractivity (Wildman–Crippen MR) is 100 cm³/mol. The largest absolute Gasteiger partial charge is 0.331 e. The number of aryl methyl sites for hydroxylation is 2. The third-order valence-electron chi connectivity index (χ3n) is 5.71. The zero-order chi connectivity index (χ0) is 19.1. The van der Waals surface area contributed by atoms with Gasteiger partial charge in [-0.2, -0.15) is 5.10 Å². The summed E-state index contributed by atoms with van der Waals surface area (Å²) < 4.78 is 1.49. The van der Waals surface area contributed by atoms with Gasteiger partial charge >= 0.3 is 5.69 Å². The summed E-state index contributed by atoms with van der Waals surface area (Å²) in [4.78, 5) is 26.1. The van der Waals surface area contributed by atoms with Gasteiger partial charge < -0.3 is 4.90 Å². The molecule has 0 radical (unpaired) electrons. The quantitative estimate of drug-likeness (QED) is 0.598. The smallest absolute Gasteiger partial charge is 0.312 e. The third-order valence-corrected chi connectivity index (χ3v) is 5.71. The summed E-state index contributed by atoms with van der Waals surface area (Å²) in [5.74, 6) is -0.000277. The second-order valence-corrected chi connectivity index (χ2v) is 7.57. The molecule has 1 saturated carbocycles. The molecule has 2 aliphatic carbocycles. The lowest BCUT2D eigenvalue weighted by atomic mass is 9.86. The molecule has 0 spiro atoms. The van der Waals surface area contributed by atoms with E-state index in [-0.39, 0.29) is 30.2 Å². The highest BCUT2D eigenvalue weighted by atomic mass is 16.6. The topological polar surface area (TPSA) is 81.3 Å². The van der Waals surface area contributed by atoms with Crippen molar-refractivity contribution in [3.8, 4) is 0 Å². The monoisotopic (exact) mass is 368 g/mol. The highest BCUT2D eigenvalue weighted by Crippen LogP contribution is 2.41. The number of nitrogens with zero attached hydrogens (tertiary/aromatic N) is 4. The Kier molecular flexibility index (Phi) is 4.45. The van der Waals surface area contributed by atoms with Crippen molar-refractivity contribution in [3.63, 3.8) is 0 Å². The van der Waals surface area contributed by atoms with Crippen LogP contribution in [-0.4, -0.2) is 31.6 Å². The fraction of sp³-hybridized carbons (Fsp3) is 0.500. The predicted octanol–water partition coefficient (Wildman–Crippen LogP) is 3.48. The number of rotatable bonds is 5. The molecular formula is C20H24N4O3. The van der Waals surface area contributed by atoms with E-state index in [1.54, 1.807) is 13.8 Å². The van der Waals surface area contributed by atoms with Crippen LogP contribution >= 0.6 is 0 Å². The summed E-state index contributed by atoms with van der Waals surface area (Å²) in [5, 5.41) is 15.5. The fourth-order valence-corrected chi connectivity index (χ4v) is 4.32. The molecule has 1 heterocycles. The summed E-state index contributed by atoms with van der Waals surface area (Å²) in [7, 11) is 0. The van der Waals surface area contributed by atoms with Crippen LogP contribution < -0.4 is 0 Å². The Hall–Kier alpha value is -2.70. The number of hydrogen-bond acceptors (Lipinski definition) is 4. The lowest BCUT2D eigenvalue weighted by Gasteiger charge is -2.36. The second-order valence-electron chi connectivity index (χ2n) is 7.57. The van der Waals surface area contributed by atoms with E-state index in [1.165, 1.54) is 15.8 Å². The number of amides is 1. The van der Waals surface area contributed by atoms with Crippen LogP contribution in [0.25, 0.3) is 0 Å². The maximum Gasteiger partial charge on any atom is 0.312 e. The summed E-state index contributed by atoms with van der Waals surface area (Å²) in [6.07, 6.45) is 5.16. The van der Waals surface area contributed by atoms with Crippen molar-refractivity contribution >= 4 is 11.6 Å². The van der Waals surface area contributed by atoms with Gasteiger partial charge in [0.2, 0.25) is 5.91 Å². The minimum atomic E-state index is -0.422. The highest BCUT2D eigenvalue weighted by Gasteiger charge is 2.39. The first-order chi connectivity index (χ1) is 13.0. The molecule has 1 amide bonds. The van der Waals surface area contributed by atoms with Crippen molar-refractivity contribution in [2.24, 2.45) is 0 Å². The molecule has 142 valence electrons. The van der Waals surface area contributed by atoms with E-state index in [4.69, 9.17) is 0 Å². The van der Waals surface area contributed by atoms with Gasteiger partial charge in [-0.1, -0.05) is 24.3 Å². The molecule has 7 nitrogen and oxygen atoms in total. The minimum Gasteiger partial charge on any atom is -0.331 e. The fourth-order valence-electron chi connectivity index (χ4n) is 4.32. The molecule has 27 heavy (non-hydrogen) atoms. The van der Waals surface area contributed by atoms with E-state index in [9.17, 15) is 14.9 Å². The van der Waals surface area contributed by atoms with Crippen LogP contribution in [0, 0.1) is 24.0 Å². The SMILES string of the molecule is Cc1nn(CC(=O)N(C2CC2)C2CCCc3ccccc32)c(C)c1[N+](=O)[O-]. The molecule has 0 aliphatic heterocycles. The van der Waals surface area contributed by atoms with E-state index in [0.717, 1.165) is 32.1 Å². The third kappa shape index (κ3) is 3.22. The van der Waals surface area contributed by atoms with Crippen LogP contribution in [-0.2, 0) is 17.8 Å². The van der Waals surface area contributed by atoms with Crippen molar-refractivity contribution in [1.82, 2.24) is 14.7 Å². The van der Waals surface area contributed by atoms with Gasteiger partial charge in [-0.15, -0.1) is 0 Å². The molecule has 4 rings (SSSR count). The maximum atomic E-state index is 13.2. The van der Waals surface area contributed by atoms with Crippen molar-refractivity contribution in [3.05, 3.63) is 56.9 Å². The average molecular weight is 368 g/mol. The number of benzene rings is 1. The summed E-state index contributed by atoms with van der Waals surface area (Å²) in [5.41, 5.74) is 3.37. The van der Waals surface area contributed by atoms with E-state index < -0.39 is 4.92 Å². The summed E-state index contributed by atoms with van der Waals surface area (Å²) in [6, 6.07) is 8.76. The lowest BCUT2D eigenvalue weighted by Crippen LogP contribution is -2.40. The molecule has 7 heteroatoms. The Morgan fingerprint density at radius 1 is 1.30 bits per heavy atom. The number of carbonyl (C=O) groups is 1. The van der Waals surface area contributed by atoms with Gasteiger partial charge in [0.1, 0.15) is 17.9 Å². The van der Waals surface area contributed by atoms with Crippen molar-refractivity contribution in [2.75, 3.05) is 0 Å². The van der Waals surface area contributed by atoms with E-state index >= 15 is 0 Å². The maximum absolute atomic E-state index is 13.2. The van der Waals surface area contributed by atoms with Crippen molar-refractivity contribution in [2.45, 2.75) is 64.6 Å². The van der Waals surface area contributed by atoms with Crippen LogP contribution in [0.4, 0.5) is 5.69 Å². The van der Waals surface area contributed by atoms with Gasteiger partial charge in [0.15, 0.2) is 0 Å². The molecule has 0 bridgehead atoms. The number of aromatic nitrogens is 2. The zero-order valence-electron chi connectivity index (χ0n) is 15.7. The molecule has 2 aliphatic rings. The molecular weight excluding hydrogens is 344 g/mol. The first-order valence-corrected chi connectivity index (χ1v) is 9.54. The average Bonchev–Trinajstić information content (AvgIpc) is 3.41. The number of carbonyl (C=O) groups excluding carboxylic acids is 1. The van der Waals surface area contributed by atoms with Gasteiger partial charge in [0.05, 0.1) is 11.0 Å². The lowest BCUT2D eigenvalue weighted by molar-refractivity contribution is -0.386. The van der Waals surface area contributed by atoms with E-state index in [2.05, 4.69) is 23.3 Å². The molecule has 1 aromatic carbocycles. The van der Waals surface area contributed by atoms with E-state index in [0.29, 0.717) is 11.4 Å². The summed E-state index contributed by atoms with van der Waals surface area (Å²) in [6.45, 7) is 3.32. The highest BCUT2D eigenvalue weighted by molar-refractivity contribution is 5.77. The van der Waals surface area contributed by atoms with Crippen LogP contribution in [0.3, 0.4) is 0 Å². The molecule has 0 N–H and O–H groups in total. The molecule has 1 fully saturated rings. The molecule has 1 unspecified atom stereocenters. The van der Waals surface area contributed by atoms with Crippen LogP contribution in [0.2, 0.25) is 0 Å². The molecule has 1 aromatic heterocycles. The number of hydrogen-bond donors (Lipinski definition) is 0. The normalized spacial score (nSPS) is 18.8. The van der Waals surface area contributed by atoms with Crippen LogP contribution in [0.1, 0.15) is 54.2 Å². The van der Waals surface area contributed by atoms with Crippen molar-refractivity contribution in [1.29, 1.82) is 0 Å².